The van der Waals surface area contributed by atoms with Crippen molar-refractivity contribution in [3.8, 4) is 23.3 Å². The van der Waals surface area contributed by atoms with Gasteiger partial charge in [-0.25, -0.2) is 0 Å². The molecule has 2 saturated heterocycles. The van der Waals surface area contributed by atoms with Crippen LogP contribution in [0.5, 0.6) is 11.5 Å². The first-order valence-electron chi connectivity index (χ1n) is 11.9. The number of rotatable bonds is 4. The van der Waals surface area contributed by atoms with Crippen molar-refractivity contribution in [1.29, 1.82) is 0 Å². The van der Waals surface area contributed by atoms with Crippen molar-refractivity contribution in [1.82, 2.24) is 14.7 Å². The van der Waals surface area contributed by atoms with E-state index in [-0.39, 0.29) is 29.7 Å². The van der Waals surface area contributed by atoms with Gasteiger partial charge in [0.05, 0.1) is 18.5 Å². The Kier molecular flexibility index (Phi) is 5.62. The van der Waals surface area contributed by atoms with Crippen LogP contribution in [-0.2, 0) is 16.1 Å². The van der Waals surface area contributed by atoms with Gasteiger partial charge in [0.2, 0.25) is 18.6 Å². The summed E-state index contributed by atoms with van der Waals surface area (Å²) in [7, 11) is 0. The average molecular weight is 452 g/mol. The maximum Gasteiger partial charge on any atom is 0.236 e. The number of likely N-dealkylation sites (tertiary alicyclic amines) is 1. The van der Waals surface area contributed by atoms with Crippen LogP contribution in [0.1, 0.15) is 39.2 Å². The fraction of sp³-hybridized carbons (Fsp3) is 0.615. The molecule has 1 aromatic carbocycles. The van der Waals surface area contributed by atoms with Gasteiger partial charge >= 0.3 is 0 Å². The summed E-state index contributed by atoms with van der Waals surface area (Å²) in [5.74, 6) is 7.81. The highest BCUT2D eigenvalue weighted by Gasteiger charge is 2.64. The Labute approximate surface area is 196 Å². The number of piperidine rings is 1. The van der Waals surface area contributed by atoms with Crippen LogP contribution < -0.4 is 9.47 Å². The molecule has 5 rings (SSSR count). The third-order valence-electron chi connectivity index (χ3n) is 8.48. The van der Waals surface area contributed by atoms with Gasteiger partial charge in [-0.3, -0.25) is 24.3 Å². The zero-order chi connectivity index (χ0) is 23.2. The van der Waals surface area contributed by atoms with Crippen molar-refractivity contribution in [2.75, 3.05) is 46.1 Å². The topological polar surface area (TPSA) is 62.3 Å². The molecule has 176 valence electrons. The summed E-state index contributed by atoms with van der Waals surface area (Å²) < 4.78 is 10.9. The molecule has 1 aromatic rings. The Balaban J connectivity index is 1.10. The quantitative estimate of drug-likeness (QED) is 0.517. The minimum atomic E-state index is -0.457. The molecule has 0 aromatic heterocycles. The maximum atomic E-state index is 13.1. The standard InChI is InChI=1S/C26H33N3O4/c1-25(2)20-8-9-26(25,3)24(31)29(23(20)30)11-5-4-10-27-12-14-28(15-13-27)17-19-6-7-21-22(16-19)33-18-32-21/h6-7,16,20H,8-15,17-18H2,1-3H3. The van der Waals surface area contributed by atoms with E-state index in [1.165, 1.54) is 10.5 Å². The molecular formula is C26H33N3O4. The first-order chi connectivity index (χ1) is 15.8. The Hall–Kier alpha value is -2.56. The molecule has 4 aliphatic rings. The zero-order valence-electron chi connectivity index (χ0n) is 19.9. The number of benzene rings is 1. The number of hydrogen-bond donors (Lipinski definition) is 0. The lowest BCUT2D eigenvalue weighted by Crippen LogP contribution is -2.59. The van der Waals surface area contributed by atoms with Crippen LogP contribution >= 0.6 is 0 Å². The Morgan fingerprint density at radius 1 is 0.970 bits per heavy atom. The highest BCUT2D eigenvalue weighted by molar-refractivity contribution is 6.04. The van der Waals surface area contributed by atoms with Crippen LogP contribution in [0.15, 0.2) is 18.2 Å². The lowest BCUT2D eigenvalue weighted by molar-refractivity contribution is -0.166. The van der Waals surface area contributed by atoms with E-state index in [2.05, 4.69) is 47.6 Å². The largest absolute Gasteiger partial charge is 0.454 e. The van der Waals surface area contributed by atoms with Crippen molar-refractivity contribution in [3.05, 3.63) is 23.8 Å². The normalized spacial score (nSPS) is 28.7. The number of fused-ring (bicyclic) bond motifs is 3. The summed E-state index contributed by atoms with van der Waals surface area (Å²) in [5.41, 5.74) is 0.502. The van der Waals surface area contributed by atoms with Crippen LogP contribution in [0.25, 0.3) is 0 Å². The first-order valence-corrected chi connectivity index (χ1v) is 11.9. The molecule has 33 heavy (non-hydrogen) atoms. The Morgan fingerprint density at radius 2 is 1.67 bits per heavy atom. The number of carbonyl (C=O) groups is 2. The highest BCUT2D eigenvalue weighted by Crippen LogP contribution is 2.59. The molecule has 2 unspecified atom stereocenters. The summed E-state index contributed by atoms with van der Waals surface area (Å²) in [6.07, 6.45) is 1.59. The van der Waals surface area contributed by atoms with Gasteiger partial charge in [0.15, 0.2) is 11.5 Å². The van der Waals surface area contributed by atoms with Crippen molar-refractivity contribution in [2.45, 2.75) is 40.2 Å². The minimum Gasteiger partial charge on any atom is -0.454 e. The van der Waals surface area contributed by atoms with Gasteiger partial charge in [-0.2, -0.15) is 0 Å². The lowest BCUT2D eigenvalue weighted by atomic mass is 9.62. The lowest BCUT2D eigenvalue weighted by Gasteiger charge is -2.47. The van der Waals surface area contributed by atoms with Crippen LogP contribution in [0.2, 0.25) is 0 Å². The van der Waals surface area contributed by atoms with E-state index in [4.69, 9.17) is 9.47 Å². The Bertz CT molecular complexity index is 1020. The van der Waals surface area contributed by atoms with Crippen molar-refractivity contribution < 1.29 is 19.1 Å². The van der Waals surface area contributed by atoms with Gasteiger partial charge in [-0.05, 0) is 36.0 Å². The summed E-state index contributed by atoms with van der Waals surface area (Å²) in [6.45, 7) is 12.1. The van der Waals surface area contributed by atoms with E-state index >= 15 is 0 Å². The SMILES string of the molecule is CC12CCC(C(=O)N(CC#CCN3CCN(Cc4ccc5c(c4)OCO5)CC3)C1=O)C2(C)C. The third-order valence-corrected chi connectivity index (χ3v) is 8.48. The molecule has 0 N–H and O–H groups in total. The molecule has 0 radical (unpaired) electrons. The number of hydrogen-bond acceptors (Lipinski definition) is 6. The van der Waals surface area contributed by atoms with E-state index < -0.39 is 5.41 Å². The zero-order valence-corrected chi connectivity index (χ0v) is 19.9. The molecular weight excluding hydrogens is 418 g/mol. The summed E-state index contributed by atoms with van der Waals surface area (Å²) in [4.78, 5) is 32.2. The average Bonchev–Trinajstić information content (AvgIpc) is 3.33. The van der Waals surface area contributed by atoms with E-state index in [1.54, 1.807) is 0 Å². The van der Waals surface area contributed by atoms with Gasteiger partial charge in [0.1, 0.15) is 0 Å². The van der Waals surface area contributed by atoms with Gasteiger partial charge in [-0.15, -0.1) is 0 Å². The van der Waals surface area contributed by atoms with Gasteiger partial charge in [0, 0.05) is 38.6 Å². The molecule has 7 heteroatoms. The summed E-state index contributed by atoms with van der Waals surface area (Å²) in [6, 6.07) is 6.15. The predicted molar refractivity (Wildman–Crippen MR) is 123 cm³/mol. The summed E-state index contributed by atoms with van der Waals surface area (Å²) >= 11 is 0. The fourth-order valence-corrected chi connectivity index (χ4v) is 5.76. The number of nitrogens with zero attached hydrogens (tertiary/aromatic N) is 3. The fourth-order valence-electron chi connectivity index (χ4n) is 5.76. The minimum absolute atomic E-state index is 0.0357. The van der Waals surface area contributed by atoms with E-state index in [9.17, 15) is 9.59 Å². The molecule has 2 atom stereocenters. The molecule has 3 heterocycles. The molecule has 0 spiro atoms. The van der Waals surface area contributed by atoms with Crippen molar-refractivity contribution in [3.63, 3.8) is 0 Å². The van der Waals surface area contributed by atoms with Gasteiger partial charge in [-0.1, -0.05) is 38.7 Å². The van der Waals surface area contributed by atoms with E-state index in [0.29, 0.717) is 13.3 Å². The number of imide groups is 1. The van der Waals surface area contributed by atoms with E-state index in [1.807, 2.05) is 13.0 Å². The van der Waals surface area contributed by atoms with Crippen LogP contribution in [0.3, 0.4) is 0 Å². The van der Waals surface area contributed by atoms with Crippen LogP contribution in [0, 0.1) is 28.6 Å². The molecule has 3 fully saturated rings. The smallest absolute Gasteiger partial charge is 0.236 e. The number of ether oxygens (including phenoxy) is 2. The molecule has 3 aliphatic heterocycles. The van der Waals surface area contributed by atoms with Gasteiger partial charge < -0.3 is 9.47 Å². The monoisotopic (exact) mass is 451 g/mol. The van der Waals surface area contributed by atoms with E-state index in [0.717, 1.165) is 57.1 Å². The first kappa shape index (κ1) is 22.2. The highest BCUT2D eigenvalue weighted by atomic mass is 16.7. The van der Waals surface area contributed by atoms with Crippen molar-refractivity contribution >= 4 is 11.8 Å². The van der Waals surface area contributed by atoms with Gasteiger partial charge in [0.25, 0.3) is 0 Å². The Morgan fingerprint density at radius 3 is 2.45 bits per heavy atom. The second-order valence-electron chi connectivity index (χ2n) is 10.5. The second kappa shape index (κ2) is 8.34. The second-order valence-corrected chi connectivity index (χ2v) is 10.5. The molecule has 2 amide bonds. The maximum absolute atomic E-state index is 13.1. The number of amides is 2. The van der Waals surface area contributed by atoms with Crippen LogP contribution in [-0.4, -0.2) is 72.6 Å². The van der Waals surface area contributed by atoms with Crippen LogP contribution in [0.4, 0.5) is 0 Å². The van der Waals surface area contributed by atoms with Crippen molar-refractivity contribution in [2.24, 2.45) is 16.7 Å². The number of piperazine rings is 1. The number of carbonyl (C=O) groups excluding carboxylic acids is 2. The summed E-state index contributed by atoms with van der Waals surface area (Å²) in [5, 5.41) is 0. The molecule has 2 bridgehead atoms. The molecule has 1 aliphatic carbocycles. The molecule has 7 nitrogen and oxygen atoms in total. The predicted octanol–water partition coefficient (Wildman–Crippen LogP) is 2.35. The third kappa shape index (κ3) is 3.79. The molecule has 1 saturated carbocycles.